The second-order valence-corrected chi connectivity index (χ2v) is 6.65. The second kappa shape index (κ2) is 8.01. The van der Waals surface area contributed by atoms with E-state index in [-0.39, 0.29) is 5.75 Å². The lowest BCUT2D eigenvalue weighted by atomic mass is 10.2. The molecular weight excluding hydrogens is 346 g/mol. The fraction of sp³-hybridized carbons (Fsp3) is 0.200. The Morgan fingerprint density at radius 3 is 2.62 bits per heavy atom. The molecule has 5 nitrogen and oxygen atoms in total. The second-order valence-electron chi connectivity index (χ2n) is 5.82. The highest BCUT2D eigenvalue weighted by molar-refractivity contribution is 7.07. The summed E-state index contributed by atoms with van der Waals surface area (Å²) >= 11 is 1.52. The molecule has 6 heteroatoms. The van der Waals surface area contributed by atoms with E-state index >= 15 is 0 Å². The maximum absolute atomic E-state index is 10.1. The van der Waals surface area contributed by atoms with Crippen LogP contribution in [-0.4, -0.2) is 22.6 Å². The van der Waals surface area contributed by atoms with Crippen LogP contribution in [0.4, 0.5) is 5.69 Å². The van der Waals surface area contributed by atoms with Gasteiger partial charge in [0, 0.05) is 17.0 Å². The van der Waals surface area contributed by atoms with Crippen molar-refractivity contribution in [1.82, 2.24) is 4.68 Å². The number of ether oxygens (including phenoxy) is 1. The maximum atomic E-state index is 10.1. The molecule has 26 heavy (non-hydrogen) atoms. The molecule has 1 N–H and O–H groups in total. The monoisotopic (exact) mass is 367 g/mol. The topological polar surface area (TPSA) is 59.1 Å². The number of aryl methyl sites for hydroxylation is 2. The van der Waals surface area contributed by atoms with Gasteiger partial charge in [-0.05, 0) is 45.0 Å². The Balaban J connectivity index is 1.92. The Hall–Kier alpha value is -2.86. The molecule has 0 fully saturated rings. The molecule has 0 saturated heterocycles. The van der Waals surface area contributed by atoms with Crippen LogP contribution in [-0.2, 0) is 0 Å². The minimum atomic E-state index is 0.130. The molecular formula is C20H21N3O2S. The first-order valence-corrected chi connectivity index (χ1v) is 9.23. The number of nitrogens with zero attached hydrogens (tertiary/aromatic N) is 3. The van der Waals surface area contributed by atoms with Gasteiger partial charge in [0.25, 0.3) is 0 Å². The molecule has 0 aliphatic heterocycles. The van der Waals surface area contributed by atoms with Crippen molar-refractivity contribution in [2.75, 3.05) is 6.61 Å². The Morgan fingerprint density at radius 2 is 1.92 bits per heavy atom. The lowest BCUT2D eigenvalue weighted by Gasteiger charge is -2.05. The van der Waals surface area contributed by atoms with E-state index in [2.05, 4.69) is 10.1 Å². The number of aromatic nitrogens is 1. The minimum absolute atomic E-state index is 0.130. The van der Waals surface area contributed by atoms with Gasteiger partial charge in [0.05, 0.1) is 24.2 Å². The third-order valence-electron chi connectivity index (χ3n) is 3.73. The summed E-state index contributed by atoms with van der Waals surface area (Å²) < 4.78 is 7.15. The van der Waals surface area contributed by atoms with Crippen LogP contribution in [0.5, 0.6) is 11.5 Å². The van der Waals surface area contributed by atoms with E-state index in [1.54, 1.807) is 23.0 Å². The molecule has 0 amide bonds. The highest BCUT2D eigenvalue weighted by Crippen LogP contribution is 2.22. The number of phenolic OH excluding ortho intramolecular Hbond substituents is 1. The smallest absolute Gasteiger partial charge is 0.211 e. The Bertz CT molecular complexity index is 985. The van der Waals surface area contributed by atoms with Gasteiger partial charge >= 0.3 is 0 Å². The number of rotatable bonds is 5. The predicted molar refractivity (Wildman–Crippen MR) is 106 cm³/mol. The molecule has 1 aromatic heterocycles. The molecule has 0 unspecified atom stereocenters. The number of thiazole rings is 1. The number of benzene rings is 2. The van der Waals surface area contributed by atoms with Crippen molar-refractivity contribution in [3.8, 4) is 11.5 Å². The lowest BCUT2D eigenvalue weighted by molar-refractivity contribution is 0.337. The standard InChI is InChI=1S/C20H21N3O2S/c1-4-25-18-10-7-16(19(24)11-18)12-21-23-15(3)13-26-20(23)22-17-8-5-14(2)6-9-17/h5-13,24H,4H2,1-3H3/b21-12-,22-20?. The molecule has 0 spiro atoms. The zero-order valence-electron chi connectivity index (χ0n) is 15.0. The van der Waals surface area contributed by atoms with E-state index in [1.165, 1.54) is 16.9 Å². The molecule has 0 aliphatic carbocycles. The number of hydrogen-bond donors (Lipinski definition) is 1. The molecule has 134 valence electrons. The largest absolute Gasteiger partial charge is 0.507 e. The Labute approximate surface area is 156 Å². The van der Waals surface area contributed by atoms with Crippen molar-refractivity contribution in [3.63, 3.8) is 0 Å². The first-order chi connectivity index (χ1) is 12.6. The van der Waals surface area contributed by atoms with Crippen LogP contribution in [0.2, 0.25) is 0 Å². The van der Waals surface area contributed by atoms with Crippen molar-refractivity contribution < 1.29 is 9.84 Å². The van der Waals surface area contributed by atoms with Crippen LogP contribution in [0.25, 0.3) is 0 Å². The first-order valence-electron chi connectivity index (χ1n) is 8.35. The minimum Gasteiger partial charge on any atom is -0.507 e. The van der Waals surface area contributed by atoms with Gasteiger partial charge in [-0.15, -0.1) is 11.3 Å². The van der Waals surface area contributed by atoms with Crippen LogP contribution in [0.3, 0.4) is 0 Å². The fourth-order valence-corrected chi connectivity index (χ4v) is 3.17. The zero-order valence-corrected chi connectivity index (χ0v) is 15.8. The molecule has 0 atom stereocenters. The Morgan fingerprint density at radius 1 is 1.15 bits per heavy atom. The molecule has 3 rings (SSSR count). The third kappa shape index (κ3) is 4.21. The quantitative estimate of drug-likeness (QED) is 0.680. The highest BCUT2D eigenvalue weighted by atomic mass is 32.1. The zero-order chi connectivity index (χ0) is 18.5. The number of phenols is 1. The molecule has 0 bridgehead atoms. The molecule has 3 aromatic rings. The summed E-state index contributed by atoms with van der Waals surface area (Å²) in [5.41, 5.74) is 3.67. The molecule has 0 saturated carbocycles. The number of hydrogen-bond acceptors (Lipinski definition) is 5. The van der Waals surface area contributed by atoms with E-state index in [1.807, 2.05) is 56.5 Å². The van der Waals surface area contributed by atoms with Gasteiger partial charge in [-0.3, -0.25) is 0 Å². The Kier molecular flexibility index (Phi) is 5.53. The molecule has 2 aromatic carbocycles. The molecule has 0 radical (unpaired) electrons. The third-order valence-corrected chi connectivity index (χ3v) is 4.67. The summed E-state index contributed by atoms with van der Waals surface area (Å²) in [5.74, 6) is 0.766. The summed E-state index contributed by atoms with van der Waals surface area (Å²) in [6, 6.07) is 13.2. The number of aromatic hydroxyl groups is 1. The summed E-state index contributed by atoms with van der Waals surface area (Å²) in [6.45, 7) is 6.48. The SMILES string of the molecule is CCOc1ccc(/C=N\n2c(C)csc2=Nc2ccc(C)cc2)c(O)c1. The average molecular weight is 367 g/mol. The van der Waals surface area contributed by atoms with Crippen LogP contribution < -0.4 is 9.54 Å². The summed E-state index contributed by atoms with van der Waals surface area (Å²) in [5, 5.41) is 16.6. The van der Waals surface area contributed by atoms with Gasteiger partial charge in [0.15, 0.2) is 0 Å². The summed E-state index contributed by atoms with van der Waals surface area (Å²) in [4.78, 5) is 5.43. The average Bonchev–Trinajstić information content (AvgIpc) is 2.96. The van der Waals surface area contributed by atoms with E-state index in [0.29, 0.717) is 17.9 Å². The predicted octanol–water partition coefficient (Wildman–Crippen LogP) is 4.39. The molecule has 0 aliphatic rings. The normalized spacial score (nSPS) is 12.0. The van der Waals surface area contributed by atoms with E-state index in [4.69, 9.17) is 4.74 Å². The maximum Gasteiger partial charge on any atom is 0.211 e. The van der Waals surface area contributed by atoms with Gasteiger partial charge < -0.3 is 9.84 Å². The van der Waals surface area contributed by atoms with Gasteiger partial charge in [0.2, 0.25) is 4.80 Å². The van der Waals surface area contributed by atoms with Gasteiger partial charge in [-0.1, -0.05) is 17.7 Å². The summed E-state index contributed by atoms with van der Waals surface area (Å²) in [7, 11) is 0. The van der Waals surface area contributed by atoms with Crippen molar-refractivity contribution in [3.05, 3.63) is 69.5 Å². The first kappa shape index (κ1) is 17.9. The van der Waals surface area contributed by atoms with E-state index in [0.717, 1.165) is 16.2 Å². The van der Waals surface area contributed by atoms with Crippen LogP contribution in [0.1, 0.15) is 23.7 Å². The van der Waals surface area contributed by atoms with Crippen LogP contribution in [0.15, 0.2) is 57.9 Å². The van der Waals surface area contributed by atoms with Gasteiger partial charge in [0.1, 0.15) is 11.5 Å². The van der Waals surface area contributed by atoms with Crippen molar-refractivity contribution in [2.24, 2.45) is 10.1 Å². The highest BCUT2D eigenvalue weighted by Gasteiger charge is 2.03. The van der Waals surface area contributed by atoms with Crippen LogP contribution >= 0.6 is 11.3 Å². The van der Waals surface area contributed by atoms with E-state index < -0.39 is 0 Å². The fourth-order valence-electron chi connectivity index (χ4n) is 2.34. The lowest BCUT2D eigenvalue weighted by Crippen LogP contribution is -2.11. The van der Waals surface area contributed by atoms with Crippen LogP contribution in [0, 0.1) is 13.8 Å². The van der Waals surface area contributed by atoms with Gasteiger partial charge in [-0.2, -0.15) is 5.10 Å². The molecule has 1 heterocycles. The van der Waals surface area contributed by atoms with Gasteiger partial charge in [-0.25, -0.2) is 9.67 Å². The van der Waals surface area contributed by atoms with E-state index in [9.17, 15) is 5.11 Å². The van der Waals surface area contributed by atoms with Crippen molar-refractivity contribution in [2.45, 2.75) is 20.8 Å². The van der Waals surface area contributed by atoms with Crippen molar-refractivity contribution >= 4 is 23.2 Å². The van der Waals surface area contributed by atoms with Crippen molar-refractivity contribution in [1.29, 1.82) is 0 Å². The summed E-state index contributed by atoms with van der Waals surface area (Å²) in [6.07, 6.45) is 1.62.